The van der Waals surface area contributed by atoms with E-state index in [2.05, 4.69) is 15.2 Å². The number of anilines is 1. The fourth-order valence-corrected chi connectivity index (χ4v) is 3.75. The molecular formula is C26H27F3N4O5. The van der Waals surface area contributed by atoms with Gasteiger partial charge in [0.15, 0.2) is 0 Å². The van der Waals surface area contributed by atoms with Gasteiger partial charge in [0, 0.05) is 18.8 Å². The molecular weight excluding hydrogens is 505 g/mol. The van der Waals surface area contributed by atoms with Gasteiger partial charge in [-0.2, -0.15) is 13.9 Å². The molecule has 3 aromatic rings. The molecule has 202 valence electrons. The molecule has 0 radical (unpaired) electrons. The van der Waals surface area contributed by atoms with Crippen LogP contribution in [-0.4, -0.2) is 58.6 Å². The maximum Gasteiger partial charge on any atom is 0.410 e. The minimum Gasteiger partial charge on any atom is -0.444 e. The van der Waals surface area contributed by atoms with Gasteiger partial charge in [0.25, 0.3) is 5.91 Å². The van der Waals surface area contributed by atoms with Crippen molar-refractivity contribution in [3.63, 3.8) is 0 Å². The molecule has 0 bridgehead atoms. The van der Waals surface area contributed by atoms with Gasteiger partial charge in [-0.3, -0.25) is 4.79 Å². The van der Waals surface area contributed by atoms with E-state index in [9.17, 15) is 22.8 Å². The molecule has 1 N–H and O–H groups in total. The van der Waals surface area contributed by atoms with Crippen molar-refractivity contribution in [3.05, 3.63) is 71.8 Å². The summed E-state index contributed by atoms with van der Waals surface area (Å²) >= 11 is 0. The number of nitrogens with zero attached hydrogens (tertiary/aromatic N) is 3. The third kappa shape index (κ3) is 6.82. The standard InChI is InChI=1S/C26H27F3N4O5/c1-26(2,3)38-25(35)32-9-10-36-22(15-32)16-7-8-21(20(27)11-16)31-23(34)17-13-30-33(14-17)18-5-4-6-19(12-18)37-24(28)29/h4-8,11-14,22,24H,9-10,15H2,1-3H3,(H,31,34)/t22-/m1/s1. The second kappa shape index (κ2) is 11.1. The smallest absolute Gasteiger partial charge is 0.410 e. The zero-order valence-corrected chi connectivity index (χ0v) is 21.0. The van der Waals surface area contributed by atoms with E-state index in [4.69, 9.17) is 9.47 Å². The topological polar surface area (TPSA) is 94.9 Å². The van der Waals surface area contributed by atoms with Crippen LogP contribution in [0.4, 0.5) is 23.7 Å². The van der Waals surface area contributed by atoms with Crippen molar-refractivity contribution in [2.24, 2.45) is 0 Å². The van der Waals surface area contributed by atoms with E-state index < -0.39 is 36.1 Å². The van der Waals surface area contributed by atoms with E-state index in [0.717, 1.165) is 0 Å². The summed E-state index contributed by atoms with van der Waals surface area (Å²) in [5.41, 5.74) is 0.328. The molecule has 1 aliphatic rings. The van der Waals surface area contributed by atoms with Gasteiger partial charge in [-0.05, 0) is 50.6 Å². The maximum absolute atomic E-state index is 14.9. The molecule has 1 saturated heterocycles. The van der Waals surface area contributed by atoms with E-state index in [1.54, 1.807) is 32.9 Å². The molecule has 0 aliphatic carbocycles. The summed E-state index contributed by atoms with van der Waals surface area (Å²) < 4.78 is 56.7. The van der Waals surface area contributed by atoms with Gasteiger partial charge in [-0.15, -0.1) is 0 Å². The Balaban J connectivity index is 1.41. The molecule has 2 aromatic carbocycles. The van der Waals surface area contributed by atoms with E-state index in [0.29, 0.717) is 17.8 Å². The minimum absolute atomic E-state index is 0.0568. The summed E-state index contributed by atoms with van der Waals surface area (Å²) in [6.45, 7) is 3.19. The molecule has 2 amide bonds. The lowest BCUT2D eigenvalue weighted by atomic mass is 10.1. The molecule has 9 nitrogen and oxygen atoms in total. The number of carbonyl (C=O) groups excluding carboxylic acids is 2. The second-order valence-electron chi connectivity index (χ2n) is 9.53. The molecule has 0 spiro atoms. The fraction of sp³-hybridized carbons (Fsp3) is 0.346. The summed E-state index contributed by atoms with van der Waals surface area (Å²) in [5.74, 6) is -1.36. The first-order chi connectivity index (χ1) is 18.0. The number of ether oxygens (including phenoxy) is 3. The number of alkyl halides is 2. The van der Waals surface area contributed by atoms with Gasteiger partial charge >= 0.3 is 12.7 Å². The highest BCUT2D eigenvalue weighted by Gasteiger charge is 2.29. The first-order valence-corrected chi connectivity index (χ1v) is 11.8. The number of benzene rings is 2. The van der Waals surface area contributed by atoms with Crippen molar-refractivity contribution in [1.29, 1.82) is 0 Å². The van der Waals surface area contributed by atoms with Crippen LogP contribution < -0.4 is 10.1 Å². The fourth-order valence-electron chi connectivity index (χ4n) is 3.75. The second-order valence-corrected chi connectivity index (χ2v) is 9.53. The number of nitrogens with one attached hydrogen (secondary N) is 1. The highest BCUT2D eigenvalue weighted by atomic mass is 19.3. The first-order valence-electron chi connectivity index (χ1n) is 11.8. The largest absolute Gasteiger partial charge is 0.444 e. The summed E-state index contributed by atoms with van der Waals surface area (Å²) in [7, 11) is 0. The Kier molecular flexibility index (Phi) is 7.91. The van der Waals surface area contributed by atoms with Crippen molar-refractivity contribution in [1.82, 2.24) is 14.7 Å². The SMILES string of the molecule is CC(C)(C)OC(=O)N1CCO[C@@H](c2ccc(NC(=O)c3cnn(-c4cccc(OC(F)F)c4)c3)c(F)c2)C1. The predicted octanol–water partition coefficient (Wildman–Crippen LogP) is 5.17. The van der Waals surface area contributed by atoms with Gasteiger partial charge < -0.3 is 24.4 Å². The average Bonchev–Trinajstić information content (AvgIpc) is 3.35. The van der Waals surface area contributed by atoms with Crippen molar-refractivity contribution < 1.29 is 37.0 Å². The summed E-state index contributed by atoms with van der Waals surface area (Å²) in [6.07, 6.45) is 1.62. The highest BCUT2D eigenvalue weighted by Crippen LogP contribution is 2.27. The predicted molar refractivity (Wildman–Crippen MR) is 131 cm³/mol. The Morgan fingerprint density at radius 2 is 1.97 bits per heavy atom. The lowest BCUT2D eigenvalue weighted by Crippen LogP contribution is -2.44. The summed E-state index contributed by atoms with van der Waals surface area (Å²) in [6, 6.07) is 10.1. The number of hydrogen-bond donors (Lipinski definition) is 1. The van der Waals surface area contributed by atoms with Crippen LogP contribution in [0.2, 0.25) is 0 Å². The van der Waals surface area contributed by atoms with E-state index >= 15 is 0 Å². The van der Waals surface area contributed by atoms with Crippen molar-refractivity contribution in [3.8, 4) is 11.4 Å². The van der Waals surface area contributed by atoms with Crippen LogP contribution in [0.3, 0.4) is 0 Å². The molecule has 1 aliphatic heterocycles. The molecule has 2 heterocycles. The number of amides is 2. The Morgan fingerprint density at radius 3 is 2.68 bits per heavy atom. The molecule has 12 heteroatoms. The number of rotatable bonds is 6. The first kappa shape index (κ1) is 27.0. The Morgan fingerprint density at radius 1 is 1.18 bits per heavy atom. The number of morpholine rings is 1. The number of aromatic nitrogens is 2. The number of halogens is 3. The van der Waals surface area contributed by atoms with E-state index in [1.807, 2.05) is 0 Å². The van der Waals surface area contributed by atoms with Crippen molar-refractivity contribution >= 4 is 17.7 Å². The summed E-state index contributed by atoms with van der Waals surface area (Å²) in [4.78, 5) is 26.6. The van der Waals surface area contributed by atoms with Crippen molar-refractivity contribution in [2.75, 3.05) is 25.0 Å². The Labute approximate surface area is 217 Å². The quantitative estimate of drug-likeness (QED) is 0.471. The van der Waals surface area contributed by atoms with Gasteiger partial charge in [0.05, 0.1) is 36.3 Å². The molecule has 38 heavy (non-hydrogen) atoms. The van der Waals surface area contributed by atoms with Crippen molar-refractivity contribution in [2.45, 2.75) is 39.1 Å². The van der Waals surface area contributed by atoms with Crippen LogP contribution in [0.5, 0.6) is 5.75 Å². The van der Waals surface area contributed by atoms with Crippen LogP contribution in [-0.2, 0) is 9.47 Å². The molecule has 0 unspecified atom stereocenters. The average molecular weight is 533 g/mol. The molecule has 0 saturated carbocycles. The van der Waals surface area contributed by atoms with Gasteiger partial charge in [-0.1, -0.05) is 12.1 Å². The Hall–Kier alpha value is -4.06. The number of hydrogen-bond acceptors (Lipinski definition) is 6. The lowest BCUT2D eigenvalue weighted by molar-refractivity contribution is -0.0498. The summed E-state index contributed by atoms with van der Waals surface area (Å²) in [5, 5.41) is 6.57. The van der Waals surface area contributed by atoms with E-state index in [1.165, 1.54) is 52.3 Å². The third-order valence-electron chi connectivity index (χ3n) is 5.48. The zero-order chi connectivity index (χ0) is 27.4. The van der Waals surface area contributed by atoms with Crippen LogP contribution >= 0.6 is 0 Å². The van der Waals surface area contributed by atoms with Crippen LogP contribution in [0.25, 0.3) is 5.69 Å². The third-order valence-corrected chi connectivity index (χ3v) is 5.48. The normalized spacial score (nSPS) is 15.9. The van der Waals surface area contributed by atoms with Crippen LogP contribution in [0.1, 0.15) is 42.8 Å². The van der Waals surface area contributed by atoms with Gasteiger partial charge in [0.1, 0.15) is 23.3 Å². The maximum atomic E-state index is 14.9. The van der Waals surface area contributed by atoms with Gasteiger partial charge in [-0.25, -0.2) is 13.9 Å². The van der Waals surface area contributed by atoms with Crippen LogP contribution in [0, 0.1) is 5.82 Å². The molecule has 1 atom stereocenters. The van der Waals surface area contributed by atoms with Gasteiger partial charge in [0.2, 0.25) is 0 Å². The Bertz CT molecular complexity index is 1310. The highest BCUT2D eigenvalue weighted by molar-refractivity contribution is 6.04. The molecule has 1 aromatic heterocycles. The molecule has 1 fully saturated rings. The van der Waals surface area contributed by atoms with Crippen LogP contribution in [0.15, 0.2) is 54.9 Å². The lowest BCUT2D eigenvalue weighted by Gasteiger charge is -2.34. The minimum atomic E-state index is -2.97. The molecule has 4 rings (SSSR count). The zero-order valence-electron chi connectivity index (χ0n) is 21.0. The van der Waals surface area contributed by atoms with E-state index in [-0.39, 0.29) is 30.2 Å². The number of carbonyl (C=O) groups is 2. The monoisotopic (exact) mass is 532 g/mol.